The molecular formula is C12H12BrNO. The van der Waals surface area contributed by atoms with E-state index in [4.69, 9.17) is 4.42 Å². The van der Waals surface area contributed by atoms with E-state index in [2.05, 4.69) is 40.8 Å². The maximum absolute atomic E-state index is 5.83. The van der Waals surface area contributed by atoms with Gasteiger partial charge in [-0.3, -0.25) is 0 Å². The van der Waals surface area contributed by atoms with Gasteiger partial charge in [0.05, 0.1) is 4.47 Å². The Kier molecular flexibility index (Phi) is 1.93. The minimum absolute atomic E-state index is 0.573. The summed E-state index contributed by atoms with van der Waals surface area (Å²) < 4.78 is 6.87. The number of hydrogen-bond acceptors (Lipinski definition) is 2. The molecule has 15 heavy (non-hydrogen) atoms. The fourth-order valence-corrected chi connectivity index (χ4v) is 2.28. The fraction of sp³-hybridized carbons (Fsp3) is 0.417. The third kappa shape index (κ3) is 1.41. The van der Waals surface area contributed by atoms with Gasteiger partial charge in [0, 0.05) is 5.92 Å². The van der Waals surface area contributed by atoms with Crippen molar-refractivity contribution in [2.45, 2.75) is 32.6 Å². The van der Waals surface area contributed by atoms with Crippen LogP contribution in [0.4, 0.5) is 0 Å². The molecule has 2 aromatic rings. The smallest absolute Gasteiger partial charge is 0.198 e. The quantitative estimate of drug-likeness (QED) is 0.777. The van der Waals surface area contributed by atoms with Crippen molar-refractivity contribution in [3.8, 4) is 0 Å². The summed E-state index contributed by atoms with van der Waals surface area (Å²) in [6.07, 6.45) is 2.45. The number of rotatable bonds is 1. The molecule has 0 amide bonds. The second-order valence-electron chi connectivity index (χ2n) is 4.33. The van der Waals surface area contributed by atoms with E-state index in [9.17, 15) is 0 Å². The Bertz CT molecular complexity index is 540. The summed E-state index contributed by atoms with van der Waals surface area (Å²) in [5.41, 5.74) is 4.32. The highest BCUT2D eigenvalue weighted by molar-refractivity contribution is 9.10. The lowest BCUT2D eigenvalue weighted by atomic mass is 10.1. The van der Waals surface area contributed by atoms with Crippen LogP contribution in [0.2, 0.25) is 0 Å². The highest BCUT2D eigenvalue weighted by Crippen LogP contribution is 2.42. The Morgan fingerprint density at radius 3 is 2.73 bits per heavy atom. The molecule has 0 saturated heterocycles. The molecule has 3 rings (SSSR count). The van der Waals surface area contributed by atoms with Crippen molar-refractivity contribution in [3.05, 3.63) is 27.6 Å². The zero-order chi connectivity index (χ0) is 10.6. The minimum Gasteiger partial charge on any atom is -0.439 e. The zero-order valence-corrected chi connectivity index (χ0v) is 10.4. The standard InChI is InChI=1S/C12H12BrNO/c1-6-5-7(2)10-11(9(6)13)15-12(14-10)8-3-4-8/h5,8H,3-4H2,1-2H3. The molecule has 0 atom stereocenters. The molecule has 3 heteroatoms. The first-order chi connectivity index (χ1) is 7.16. The predicted molar refractivity (Wildman–Crippen MR) is 63.2 cm³/mol. The van der Waals surface area contributed by atoms with Crippen LogP contribution in [0.25, 0.3) is 11.1 Å². The van der Waals surface area contributed by atoms with Crippen molar-refractivity contribution in [1.82, 2.24) is 4.98 Å². The molecule has 0 aliphatic heterocycles. The van der Waals surface area contributed by atoms with Crippen molar-refractivity contribution in [2.75, 3.05) is 0 Å². The van der Waals surface area contributed by atoms with E-state index in [-0.39, 0.29) is 0 Å². The van der Waals surface area contributed by atoms with Crippen LogP contribution in [0.3, 0.4) is 0 Å². The van der Waals surface area contributed by atoms with Gasteiger partial charge >= 0.3 is 0 Å². The summed E-state index contributed by atoms with van der Waals surface area (Å²) in [4.78, 5) is 4.58. The number of halogens is 1. The molecule has 1 aliphatic rings. The number of nitrogens with zero attached hydrogens (tertiary/aromatic N) is 1. The third-order valence-electron chi connectivity index (χ3n) is 2.92. The van der Waals surface area contributed by atoms with Gasteiger partial charge in [0.1, 0.15) is 5.52 Å². The van der Waals surface area contributed by atoms with E-state index < -0.39 is 0 Å². The number of hydrogen-bond donors (Lipinski definition) is 0. The topological polar surface area (TPSA) is 26.0 Å². The van der Waals surface area contributed by atoms with Gasteiger partial charge in [-0.1, -0.05) is 6.07 Å². The number of aromatic nitrogens is 1. The fourth-order valence-electron chi connectivity index (χ4n) is 1.89. The molecule has 1 saturated carbocycles. The Hall–Kier alpha value is -0.830. The third-order valence-corrected chi connectivity index (χ3v) is 3.91. The van der Waals surface area contributed by atoms with Gasteiger partial charge in [-0.25, -0.2) is 4.98 Å². The predicted octanol–water partition coefficient (Wildman–Crippen LogP) is 4.08. The van der Waals surface area contributed by atoms with Crippen molar-refractivity contribution in [3.63, 3.8) is 0 Å². The Morgan fingerprint density at radius 1 is 1.33 bits per heavy atom. The lowest BCUT2D eigenvalue weighted by Gasteiger charge is -1.99. The summed E-state index contributed by atoms with van der Waals surface area (Å²) in [6, 6.07) is 2.14. The van der Waals surface area contributed by atoms with Crippen LogP contribution in [0.5, 0.6) is 0 Å². The SMILES string of the molecule is Cc1cc(C)c2nc(C3CC3)oc2c1Br. The van der Waals surface area contributed by atoms with Crippen molar-refractivity contribution >= 4 is 27.0 Å². The second-order valence-corrected chi connectivity index (χ2v) is 5.12. The highest BCUT2D eigenvalue weighted by atomic mass is 79.9. The molecule has 0 N–H and O–H groups in total. The number of oxazole rings is 1. The van der Waals surface area contributed by atoms with Crippen LogP contribution in [0, 0.1) is 13.8 Å². The molecule has 0 unspecified atom stereocenters. The van der Waals surface area contributed by atoms with Gasteiger partial charge in [0.2, 0.25) is 0 Å². The number of fused-ring (bicyclic) bond motifs is 1. The van der Waals surface area contributed by atoms with E-state index in [1.54, 1.807) is 0 Å². The monoisotopic (exact) mass is 265 g/mol. The maximum Gasteiger partial charge on any atom is 0.198 e. The van der Waals surface area contributed by atoms with Crippen molar-refractivity contribution in [2.24, 2.45) is 0 Å². The van der Waals surface area contributed by atoms with Gasteiger partial charge in [0.25, 0.3) is 0 Å². The van der Waals surface area contributed by atoms with Crippen LogP contribution in [0.15, 0.2) is 15.0 Å². The molecule has 1 aliphatic carbocycles. The van der Waals surface area contributed by atoms with Gasteiger partial charge in [-0.05, 0) is 53.7 Å². The molecule has 1 heterocycles. The lowest BCUT2D eigenvalue weighted by Crippen LogP contribution is -1.82. The van der Waals surface area contributed by atoms with Crippen LogP contribution in [0.1, 0.15) is 35.8 Å². The molecule has 1 aromatic heterocycles. The molecule has 2 nitrogen and oxygen atoms in total. The van der Waals surface area contributed by atoms with Crippen molar-refractivity contribution in [1.29, 1.82) is 0 Å². The summed E-state index contributed by atoms with van der Waals surface area (Å²) in [5, 5.41) is 0. The Balaban J connectivity index is 2.32. The normalized spacial score (nSPS) is 16.2. The molecule has 1 fully saturated rings. The zero-order valence-electron chi connectivity index (χ0n) is 8.80. The average molecular weight is 266 g/mol. The summed E-state index contributed by atoms with van der Waals surface area (Å²) in [5.74, 6) is 1.49. The van der Waals surface area contributed by atoms with Crippen LogP contribution >= 0.6 is 15.9 Å². The Morgan fingerprint density at radius 2 is 2.07 bits per heavy atom. The van der Waals surface area contributed by atoms with Gasteiger partial charge in [-0.2, -0.15) is 0 Å². The molecule has 1 aromatic carbocycles. The van der Waals surface area contributed by atoms with Crippen LogP contribution in [-0.4, -0.2) is 4.98 Å². The van der Waals surface area contributed by atoms with E-state index in [1.807, 2.05) is 0 Å². The highest BCUT2D eigenvalue weighted by Gasteiger charge is 2.29. The van der Waals surface area contributed by atoms with Crippen LogP contribution < -0.4 is 0 Å². The Labute approximate surface area is 96.8 Å². The van der Waals surface area contributed by atoms with Gasteiger partial charge in [-0.15, -0.1) is 0 Å². The first-order valence-corrected chi connectivity index (χ1v) is 6.02. The minimum atomic E-state index is 0.573. The number of aryl methyl sites for hydroxylation is 2. The maximum atomic E-state index is 5.83. The molecule has 0 bridgehead atoms. The average Bonchev–Trinajstić information content (AvgIpc) is 2.94. The molecule has 0 radical (unpaired) electrons. The largest absolute Gasteiger partial charge is 0.439 e. The van der Waals surface area contributed by atoms with E-state index in [1.165, 1.54) is 24.0 Å². The summed E-state index contributed by atoms with van der Waals surface area (Å²) >= 11 is 3.56. The molecule has 78 valence electrons. The number of benzene rings is 1. The first-order valence-electron chi connectivity index (χ1n) is 5.23. The lowest BCUT2D eigenvalue weighted by molar-refractivity contribution is 0.531. The van der Waals surface area contributed by atoms with E-state index >= 15 is 0 Å². The molecular weight excluding hydrogens is 254 g/mol. The molecule has 0 spiro atoms. The summed E-state index contributed by atoms with van der Waals surface area (Å²) in [7, 11) is 0. The van der Waals surface area contributed by atoms with E-state index in [0.717, 1.165) is 21.5 Å². The summed E-state index contributed by atoms with van der Waals surface area (Å²) in [6.45, 7) is 4.16. The second kappa shape index (κ2) is 3.08. The van der Waals surface area contributed by atoms with E-state index in [0.29, 0.717) is 5.92 Å². The van der Waals surface area contributed by atoms with Crippen LogP contribution in [-0.2, 0) is 0 Å². The first kappa shape index (κ1) is 9.40. The van der Waals surface area contributed by atoms with Gasteiger partial charge in [0.15, 0.2) is 11.5 Å². The van der Waals surface area contributed by atoms with Gasteiger partial charge < -0.3 is 4.42 Å². The van der Waals surface area contributed by atoms with Crippen molar-refractivity contribution < 1.29 is 4.42 Å².